The van der Waals surface area contributed by atoms with Crippen molar-refractivity contribution in [1.82, 2.24) is 9.29 Å². The number of aromatic nitrogens is 1. The summed E-state index contributed by atoms with van der Waals surface area (Å²) in [6.45, 7) is 1.73. The lowest BCUT2D eigenvalue weighted by Crippen LogP contribution is -2.30. The van der Waals surface area contributed by atoms with Gasteiger partial charge in [-0.05, 0) is 13.0 Å². The van der Waals surface area contributed by atoms with Crippen molar-refractivity contribution in [3.05, 3.63) is 22.4 Å². The summed E-state index contributed by atoms with van der Waals surface area (Å²) in [6.07, 6.45) is 1.14. The molecule has 0 spiro atoms. The van der Waals surface area contributed by atoms with Crippen LogP contribution in [-0.2, 0) is 10.0 Å². The Morgan fingerprint density at radius 1 is 1.56 bits per heavy atom. The van der Waals surface area contributed by atoms with Gasteiger partial charge in [-0.15, -0.1) is 0 Å². The molecule has 1 aromatic heterocycles. The zero-order valence-corrected chi connectivity index (χ0v) is 12.1. The Labute approximate surface area is 116 Å². The lowest BCUT2D eigenvalue weighted by molar-refractivity contribution is 0.439. The van der Waals surface area contributed by atoms with Crippen molar-refractivity contribution in [1.29, 1.82) is 5.26 Å². The minimum absolute atomic E-state index is 0.0451. The molecule has 0 aliphatic heterocycles. The van der Waals surface area contributed by atoms with Gasteiger partial charge in [0.05, 0.1) is 17.0 Å². The molecule has 0 aliphatic rings. The molecule has 18 heavy (non-hydrogen) atoms. The molecule has 1 heterocycles. The fourth-order valence-electron chi connectivity index (χ4n) is 1.25. The molecule has 1 rings (SSSR count). The molecule has 0 amide bonds. The van der Waals surface area contributed by atoms with E-state index in [9.17, 15) is 8.42 Å². The van der Waals surface area contributed by atoms with Crippen molar-refractivity contribution < 1.29 is 8.42 Å². The molecule has 0 aliphatic carbocycles. The maximum Gasteiger partial charge on any atom is 0.244 e. The maximum absolute atomic E-state index is 12.1. The molecule has 8 heteroatoms. The Kier molecular flexibility index (Phi) is 4.93. The van der Waals surface area contributed by atoms with Gasteiger partial charge in [0, 0.05) is 19.8 Å². The second-order valence-corrected chi connectivity index (χ2v) is 6.57. The number of nitriles is 1. The molecule has 0 saturated carbocycles. The van der Waals surface area contributed by atoms with Crippen LogP contribution in [0.2, 0.25) is 10.2 Å². The van der Waals surface area contributed by atoms with E-state index < -0.39 is 15.9 Å². The van der Waals surface area contributed by atoms with E-state index in [2.05, 4.69) is 4.98 Å². The first kappa shape index (κ1) is 15.2. The van der Waals surface area contributed by atoms with Crippen molar-refractivity contribution in [3.8, 4) is 6.07 Å². The number of hydrogen-bond donors (Lipinski definition) is 0. The van der Waals surface area contributed by atoms with Crippen molar-refractivity contribution in [2.45, 2.75) is 11.8 Å². The highest BCUT2D eigenvalue weighted by atomic mass is 35.5. The number of sulfonamides is 1. The summed E-state index contributed by atoms with van der Waals surface area (Å²) in [5.41, 5.74) is 0. The SMILES string of the molecule is CC(C#N)CN(C)S(=O)(=O)c1cnc(Cl)c(Cl)c1. The first-order valence-corrected chi connectivity index (χ1v) is 7.15. The number of halogens is 2. The lowest BCUT2D eigenvalue weighted by atomic mass is 10.2. The molecule has 0 saturated heterocycles. The van der Waals surface area contributed by atoms with Crippen molar-refractivity contribution >= 4 is 33.2 Å². The number of pyridine rings is 1. The molecule has 5 nitrogen and oxygen atoms in total. The Morgan fingerprint density at radius 2 is 2.17 bits per heavy atom. The summed E-state index contributed by atoms with van der Waals surface area (Å²) in [4.78, 5) is 3.64. The molecule has 98 valence electrons. The normalized spacial score (nSPS) is 13.3. The molecule has 1 unspecified atom stereocenters. The Hall–Kier alpha value is -0.870. The number of hydrogen-bond acceptors (Lipinski definition) is 4. The van der Waals surface area contributed by atoms with Gasteiger partial charge in [-0.3, -0.25) is 0 Å². The van der Waals surface area contributed by atoms with E-state index in [0.29, 0.717) is 0 Å². The quantitative estimate of drug-likeness (QED) is 0.799. The van der Waals surface area contributed by atoms with Crippen LogP contribution in [0, 0.1) is 17.2 Å². The Morgan fingerprint density at radius 3 is 2.67 bits per heavy atom. The fourth-order valence-corrected chi connectivity index (χ4v) is 2.82. The topological polar surface area (TPSA) is 74.1 Å². The Balaban J connectivity index is 3.06. The summed E-state index contributed by atoms with van der Waals surface area (Å²) in [5.74, 6) is -0.402. The van der Waals surface area contributed by atoms with Crippen LogP contribution < -0.4 is 0 Å². The summed E-state index contributed by atoms with van der Waals surface area (Å²) >= 11 is 11.4. The smallest absolute Gasteiger partial charge is 0.242 e. The standard InChI is InChI=1S/C10H11Cl2N3O2S/c1-7(4-13)6-15(2)18(16,17)8-3-9(11)10(12)14-5-8/h3,5,7H,6H2,1-2H3. The third-order valence-electron chi connectivity index (χ3n) is 2.23. The zero-order valence-electron chi connectivity index (χ0n) is 9.76. The fraction of sp³-hybridized carbons (Fsp3) is 0.400. The van der Waals surface area contributed by atoms with Gasteiger partial charge in [-0.1, -0.05) is 23.2 Å². The van der Waals surface area contributed by atoms with Crippen LogP contribution in [0.1, 0.15) is 6.92 Å². The first-order valence-electron chi connectivity index (χ1n) is 4.96. The molecule has 0 N–H and O–H groups in total. The minimum Gasteiger partial charge on any atom is -0.242 e. The highest BCUT2D eigenvalue weighted by molar-refractivity contribution is 7.89. The number of rotatable bonds is 4. The second-order valence-electron chi connectivity index (χ2n) is 3.76. The highest BCUT2D eigenvalue weighted by Gasteiger charge is 2.23. The molecule has 0 radical (unpaired) electrons. The zero-order chi connectivity index (χ0) is 13.9. The van der Waals surface area contributed by atoms with Gasteiger partial charge in [0.25, 0.3) is 0 Å². The van der Waals surface area contributed by atoms with Crippen LogP contribution in [0.3, 0.4) is 0 Å². The third-order valence-corrected chi connectivity index (χ3v) is 4.71. The van der Waals surface area contributed by atoms with Crippen LogP contribution in [0.5, 0.6) is 0 Å². The molecule has 0 bridgehead atoms. The highest BCUT2D eigenvalue weighted by Crippen LogP contribution is 2.23. The second kappa shape index (κ2) is 5.85. The molecule has 1 aromatic rings. The summed E-state index contributed by atoms with van der Waals surface area (Å²) < 4.78 is 25.3. The summed E-state index contributed by atoms with van der Waals surface area (Å²) in [6, 6.07) is 3.21. The van der Waals surface area contributed by atoms with Gasteiger partial charge in [0.1, 0.15) is 10.0 Å². The van der Waals surface area contributed by atoms with Crippen molar-refractivity contribution in [2.75, 3.05) is 13.6 Å². The van der Waals surface area contributed by atoms with Crippen molar-refractivity contribution in [3.63, 3.8) is 0 Å². The van der Waals surface area contributed by atoms with Crippen LogP contribution in [0.4, 0.5) is 0 Å². The van der Waals surface area contributed by atoms with Crippen LogP contribution in [-0.4, -0.2) is 31.3 Å². The average Bonchev–Trinajstić information content (AvgIpc) is 2.32. The first-order chi connectivity index (χ1) is 8.28. The van der Waals surface area contributed by atoms with Crippen molar-refractivity contribution in [2.24, 2.45) is 5.92 Å². The van der Waals surface area contributed by atoms with E-state index in [-0.39, 0.29) is 21.6 Å². The van der Waals surface area contributed by atoms with Crippen LogP contribution >= 0.6 is 23.2 Å². The van der Waals surface area contributed by atoms with Crippen LogP contribution in [0.15, 0.2) is 17.2 Å². The van der Waals surface area contributed by atoms with E-state index in [1.54, 1.807) is 6.92 Å². The lowest BCUT2D eigenvalue weighted by Gasteiger charge is -2.18. The number of nitrogens with zero attached hydrogens (tertiary/aromatic N) is 3. The van der Waals surface area contributed by atoms with E-state index >= 15 is 0 Å². The third kappa shape index (κ3) is 3.33. The van der Waals surface area contributed by atoms with E-state index in [4.69, 9.17) is 28.5 Å². The van der Waals surface area contributed by atoms with Gasteiger partial charge in [0.2, 0.25) is 10.0 Å². The largest absolute Gasteiger partial charge is 0.244 e. The minimum atomic E-state index is -3.71. The predicted octanol–water partition coefficient (Wildman–Crippen LogP) is 2.17. The molecule has 0 fully saturated rings. The molecular formula is C10H11Cl2N3O2S. The van der Waals surface area contributed by atoms with Gasteiger partial charge >= 0.3 is 0 Å². The van der Waals surface area contributed by atoms with Gasteiger partial charge < -0.3 is 0 Å². The van der Waals surface area contributed by atoms with E-state index in [0.717, 1.165) is 10.5 Å². The van der Waals surface area contributed by atoms with Gasteiger partial charge in [-0.25, -0.2) is 13.4 Å². The molecule has 0 aromatic carbocycles. The van der Waals surface area contributed by atoms with E-state index in [1.165, 1.54) is 13.1 Å². The monoisotopic (exact) mass is 307 g/mol. The van der Waals surface area contributed by atoms with Gasteiger partial charge in [0.15, 0.2) is 0 Å². The Bertz CT molecular complexity index is 583. The molecular weight excluding hydrogens is 297 g/mol. The van der Waals surface area contributed by atoms with E-state index in [1.807, 2.05) is 6.07 Å². The summed E-state index contributed by atoms with van der Waals surface area (Å²) in [7, 11) is -2.31. The maximum atomic E-state index is 12.1. The van der Waals surface area contributed by atoms with Gasteiger partial charge in [-0.2, -0.15) is 9.57 Å². The predicted molar refractivity (Wildman–Crippen MR) is 68.8 cm³/mol. The average molecular weight is 308 g/mol. The molecule has 1 atom stereocenters. The summed E-state index contributed by atoms with van der Waals surface area (Å²) in [5, 5.41) is 8.79. The van der Waals surface area contributed by atoms with Crippen LogP contribution in [0.25, 0.3) is 0 Å².